The van der Waals surface area contributed by atoms with Crippen molar-refractivity contribution < 1.29 is 9.66 Å². The summed E-state index contributed by atoms with van der Waals surface area (Å²) in [4.78, 5) is 18.9. The molecule has 0 aliphatic heterocycles. The fraction of sp³-hybridized carbons (Fsp3) is 0.111. The highest BCUT2D eigenvalue weighted by Crippen LogP contribution is 2.35. The van der Waals surface area contributed by atoms with Gasteiger partial charge in [-0.25, -0.2) is 4.98 Å². The summed E-state index contributed by atoms with van der Waals surface area (Å²) in [5.41, 5.74) is 2.17. The first-order valence-electron chi connectivity index (χ1n) is 7.71. The molecule has 26 heavy (non-hydrogen) atoms. The Kier molecular flexibility index (Phi) is 4.99. The number of aryl methyl sites for hydroxylation is 2. The van der Waals surface area contributed by atoms with Crippen LogP contribution in [0.3, 0.4) is 0 Å². The van der Waals surface area contributed by atoms with Crippen LogP contribution in [0.2, 0.25) is 5.02 Å². The molecule has 7 nitrogen and oxygen atoms in total. The summed E-state index contributed by atoms with van der Waals surface area (Å²) in [5, 5.41) is 15.0. The lowest BCUT2D eigenvalue weighted by Gasteiger charge is -2.10. The molecule has 3 aromatic rings. The number of anilines is 2. The number of hydrogen-bond donors (Lipinski definition) is 1. The maximum atomic E-state index is 11.6. The minimum atomic E-state index is -0.582. The van der Waals surface area contributed by atoms with E-state index in [2.05, 4.69) is 15.3 Å². The molecule has 0 saturated carbocycles. The lowest BCUT2D eigenvalue weighted by Crippen LogP contribution is -2.03. The summed E-state index contributed by atoms with van der Waals surface area (Å²) < 4.78 is 5.59. The van der Waals surface area contributed by atoms with Crippen LogP contribution in [0.5, 0.6) is 11.6 Å². The van der Waals surface area contributed by atoms with Crippen LogP contribution in [0.4, 0.5) is 17.2 Å². The topological polar surface area (TPSA) is 90.2 Å². The Balaban J connectivity index is 1.96. The van der Waals surface area contributed by atoms with Gasteiger partial charge in [-0.2, -0.15) is 4.98 Å². The predicted octanol–water partition coefficient (Wildman–Crippen LogP) is 5.19. The van der Waals surface area contributed by atoms with Gasteiger partial charge >= 0.3 is 11.6 Å². The summed E-state index contributed by atoms with van der Waals surface area (Å²) >= 11 is 6.10. The molecule has 1 aromatic heterocycles. The molecule has 0 saturated heterocycles. The molecule has 132 valence electrons. The molecule has 0 unspecified atom stereocenters. The molecule has 0 spiro atoms. The molecular weight excluding hydrogens is 356 g/mol. The SMILES string of the molecule is Cc1ccc(Oc2ncnc(Nc3ccc(C)c(Cl)c3)c2[N+](=O)[O-])cc1. The zero-order chi connectivity index (χ0) is 18.7. The Morgan fingerprint density at radius 3 is 2.50 bits per heavy atom. The van der Waals surface area contributed by atoms with Crippen LogP contribution >= 0.6 is 11.6 Å². The van der Waals surface area contributed by atoms with Crippen LogP contribution in [0, 0.1) is 24.0 Å². The van der Waals surface area contributed by atoms with Crippen molar-refractivity contribution >= 4 is 28.8 Å². The van der Waals surface area contributed by atoms with Crippen LogP contribution in [0.25, 0.3) is 0 Å². The molecule has 0 atom stereocenters. The van der Waals surface area contributed by atoms with Crippen molar-refractivity contribution in [2.75, 3.05) is 5.32 Å². The first-order valence-corrected chi connectivity index (χ1v) is 8.09. The van der Waals surface area contributed by atoms with E-state index in [-0.39, 0.29) is 17.4 Å². The second kappa shape index (κ2) is 7.37. The number of halogens is 1. The summed E-state index contributed by atoms with van der Waals surface area (Å²) in [5.74, 6) is 0.323. The van der Waals surface area contributed by atoms with E-state index in [4.69, 9.17) is 16.3 Å². The van der Waals surface area contributed by atoms with E-state index in [1.807, 2.05) is 26.0 Å². The van der Waals surface area contributed by atoms with Gasteiger partial charge in [-0.15, -0.1) is 0 Å². The fourth-order valence-corrected chi connectivity index (χ4v) is 2.40. The average Bonchev–Trinajstić information content (AvgIpc) is 2.60. The van der Waals surface area contributed by atoms with E-state index in [9.17, 15) is 10.1 Å². The van der Waals surface area contributed by atoms with Gasteiger partial charge in [-0.1, -0.05) is 35.4 Å². The smallest absolute Gasteiger partial charge is 0.373 e. The van der Waals surface area contributed by atoms with Crippen LogP contribution < -0.4 is 10.1 Å². The van der Waals surface area contributed by atoms with Crippen LogP contribution in [0.1, 0.15) is 11.1 Å². The van der Waals surface area contributed by atoms with Crippen molar-refractivity contribution in [3.05, 3.63) is 75.1 Å². The molecule has 1 heterocycles. The quantitative estimate of drug-likeness (QED) is 0.491. The maximum Gasteiger partial charge on any atom is 0.373 e. The number of nitro groups is 1. The Hall–Kier alpha value is -3.19. The lowest BCUT2D eigenvalue weighted by atomic mass is 10.2. The molecule has 1 N–H and O–H groups in total. The molecule has 0 fully saturated rings. The van der Waals surface area contributed by atoms with Gasteiger partial charge in [-0.3, -0.25) is 10.1 Å². The third-order valence-corrected chi connectivity index (χ3v) is 4.05. The van der Waals surface area contributed by atoms with E-state index in [0.29, 0.717) is 16.5 Å². The summed E-state index contributed by atoms with van der Waals surface area (Å²) in [7, 11) is 0. The Morgan fingerprint density at radius 1 is 1.12 bits per heavy atom. The predicted molar refractivity (Wildman–Crippen MR) is 99.4 cm³/mol. The Morgan fingerprint density at radius 2 is 1.85 bits per heavy atom. The lowest BCUT2D eigenvalue weighted by molar-refractivity contribution is -0.385. The first-order chi connectivity index (χ1) is 12.4. The van der Waals surface area contributed by atoms with Crippen molar-refractivity contribution in [1.29, 1.82) is 0 Å². The Labute approximate surface area is 154 Å². The maximum absolute atomic E-state index is 11.6. The highest BCUT2D eigenvalue weighted by molar-refractivity contribution is 6.31. The van der Waals surface area contributed by atoms with E-state index >= 15 is 0 Å². The highest BCUT2D eigenvalue weighted by Gasteiger charge is 2.25. The van der Waals surface area contributed by atoms with Crippen molar-refractivity contribution in [3.63, 3.8) is 0 Å². The van der Waals surface area contributed by atoms with Crippen LogP contribution in [0.15, 0.2) is 48.8 Å². The van der Waals surface area contributed by atoms with Crippen LogP contribution in [-0.2, 0) is 0 Å². The molecule has 8 heteroatoms. The second-order valence-electron chi connectivity index (χ2n) is 5.64. The number of benzene rings is 2. The number of hydrogen-bond acceptors (Lipinski definition) is 6. The fourth-order valence-electron chi connectivity index (χ4n) is 2.22. The van der Waals surface area contributed by atoms with E-state index < -0.39 is 4.92 Å². The number of nitrogens with zero attached hydrogens (tertiary/aromatic N) is 3. The van der Waals surface area contributed by atoms with Gasteiger partial charge in [0.2, 0.25) is 5.82 Å². The molecule has 0 aliphatic rings. The van der Waals surface area contributed by atoms with Crippen molar-refractivity contribution in [3.8, 4) is 11.6 Å². The van der Waals surface area contributed by atoms with Gasteiger partial charge in [0.1, 0.15) is 12.1 Å². The van der Waals surface area contributed by atoms with E-state index in [1.165, 1.54) is 6.33 Å². The standard InChI is InChI=1S/C18H15ClN4O3/c1-11-3-7-14(8-4-11)26-18-16(23(24)25)17(20-10-21-18)22-13-6-5-12(2)15(19)9-13/h3-10H,1-2H3,(H,20,21,22). The van der Waals surface area contributed by atoms with E-state index in [0.717, 1.165) is 11.1 Å². The van der Waals surface area contributed by atoms with Gasteiger partial charge < -0.3 is 10.1 Å². The monoisotopic (exact) mass is 370 g/mol. The number of nitrogens with one attached hydrogen (secondary N) is 1. The molecular formula is C18H15ClN4O3. The highest BCUT2D eigenvalue weighted by atomic mass is 35.5. The number of rotatable bonds is 5. The third-order valence-electron chi connectivity index (χ3n) is 3.64. The average molecular weight is 371 g/mol. The summed E-state index contributed by atoms with van der Waals surface area (Å²) in [6, 6.07) is 12.4. The van der Waals surface area contributed by atoms with Crippen molar-refractivity contribution in [2.24, 2.45) is 0 Å². The summed E-state index contributed by atoms with van der Waals surface area (Å²) in [6.45, 7) is 3.80. The molecule has 0 amide bonds. The van der Waals surface area contributed by atoms with E-state index in [1.54, 1.807) is 30.3 Å². The van der Waals surface area contributed by atoms with Crippen molar-refractivity contribution in [1.82, 2.24) is 9.97 Å². The number of ether oxygens (including phenoxy) is 1. The minimum absolute atomic E-state index is 0.0204. The van der Waals surface area contributed by atoms with Gasteiger partial charge in [0.25, 0.3) is 0 Å². The zero-order valence-corrected chi connectivity index (χ0v) is 14.8. The van der Waals surface area contributed by atoms with Gasteiger partial charge in [0.15, 0.2) is 0 Å². The third kappa shape index (κ3) is 3.89. The van der Waals surface area contributed by atoms with Crippen LogP contribution in [-0.4, -0.2) is 14.9 Å². The van der Waals surface area contributed by atoms with Crippen molar-refractivity contribution in [2.45, 2.75) is 13.8 Å². The minimum Gasteiger partial charge on any atom is -0.434 e. The Bertz CT molecular complexity index is 961. The van der Waals surface area contributed by atoms with Gasteiger partial charge in [0.05, 0.1) is 4.92 Å². The van der Waals surface area contributed by atoms with Gasteiger partial charge in [0, 0.05) is 10.7 Å². The first kappa shape index (κ1) is 17.6. The number of aromatic nitrogens is 2. The molecule has 0 bridgehead atoms. The molecule has 2 aromatic carbocycles. The second-order valence-corrected chi connectivity index (χ2v) is 6.04. The molecule has 3 rings (SSSR count). The largest absolute Gasteiger partial charge is 0.434 e. The molecule has 0 radical (unpaired) electrons. The zero-order valence-electron chi connectivity index (χ0n) is 14.1. The molecule has 0 aliphatic carbocycles. The van der Waals surface area contributed by atoms with Gasteiger partial charge in [-0.05, 0) is 43.7 Å². The summed E-state index contributed by atoms with van der Waals surface area (Å²) in [6.07, 6.45) is 1.20. The normalized spacial score (nSPS) is 10.4.